The van der Waals surface area contributed by atoms with E-state index in [0.717, 1.165) is 28.2 Å². The number of hydrogen-bond donors (Lipinski definition) is 2. The molecule has 134 valence electrons. The zero-order chi connectivity index (χ0) is 18.4. The van der Waals surface area contributed by atoms with Gasteiger partial charge < -0.3 is 10.6 Å². The minimum absolute atomic E-state index is 0.0461. The van der Waals surface area contributed by atoms with Crippen LogP contribution in [0, 0.1) is 12.8 Å². The van der Waals surface area contributed by atoms with Gasteiger partial charge in [0.2, 0.25) is 11.8 Å². The van der Waals surface area contributed by atoms with E-state index in [1.165, 1.54) is 6.92 Å². The number of aromatic nitrogens is 1. The molecule has 1 heterocycles. The first-order chi connectivity index (χ1) is 11.9. The van der Waals surface area contributed by atoms with Crippen molar-refractivity contribution in [1.82, 2.24) is 15.6 Å². The van der Waals surface area contributed by atoms with Gasteiger partial charge in [0.05, 0.1) is 10.7 Å². The average molecular weight is 359 g/mol. The van der Waals surface area contributed by atoms with Crippen LogP contribution in [0.3, 0.4) is 0 Å². The zero-order valence-electron chi connectivity index (χ0n) is 15.1. The molecule has 6 heteroatoms. The lowest BCUT2D eigenvalue weighted by molar-refractivity contribution is -0.129. The van der Waals surface area contributed by atoms with E-state index in [2.05, 4.69) is 45.3 Å². The van der Waals surface area contributed by atoms with Gasteiger partial charge in [-0.1, -0.05) is 38.1 Å². The second-order valence-corrected chi connectivity index (χ2v) is 7.47. The van der Waals surface area contributed by atoms with Gasteiger partial charge in [-0.05, 0) is 24.8 Å². The Bertz CT molecular complexity index is 723. The lowest BCUT2D eigenvalue weighted by atomic mass is 10.0. The van der Waals surface area contributed by atoms with Crippen LogP contribution in [-0.4, -0.2) is 29.4 Å². The Kier molecular flexibility index (Phi) is 6.70. The fraction of sp³-hybridized carbons (Fsp3) is 0.421. The van der Waals surface area contributed by atoms with Gasteiger partial charge in [0.1, 0.15) is 6.04 Å². The van der Waals surface area contributed by atoms with Gasteiger partial charge in [-0.25, -0.2) is 4.98 Å². The predicted molar refractivity (Wildman–Crippen MR) is 101 cm³/mol. The normalized spacial score (nSPS) is 12.0. The quantitative estimate of drug-likeness (QED) is 0.798. The number of carbonyl (C=O) groups excluding carboxylic acids is 2. The summed E-state index contributed by atoms with van der Waals surface area (Å²) in [5.41, 5.74) is 3.25. The Morgan fingerprint density at radius 2 is 1.88 bits per heavy atom. The molecule has 0 saturated carbocycles. The van der Waals surface area contributed by atoms with Gasteiger partial charge in [0.15, 0.2) is 0 Å². The Hall–Kier alpha value is -2.21. The van der Waals surface area contributed by atoms with E-state index in [9.17, 15) is 9.59 Å². The van der Waals surface area contributed by atoms with Gasteiger partial charge in [0, 0.05) is 24.4 Å². The molecule has 2 aromatic rings. The van der Waals surface area contributed by atoms with Crippen molar-refractivity contribution in [2.75, 3.05) is 6.54 Å². The van der Waals surface area contributed by atoms with Crippen molar-refractivity contribution < 1.29 is 9.59 Å². The van der Waals surface area contributed by atoms with Crippen molar-refractivity contribution in [3.05, 3.63) is 40.2 Å². The molecule has 0 aliphatic rings. The van der Waals surface area contributed by atoms with Crippen LogP contribution < -0.4 is 10.6 Å². The molecule has 0 radical (unpaired) electrons. The van der Waals surface area contributed by atoms with Crippen LogP contribution >= 0.6 is 11.3 Å². The van der Waals surface area contributed by atoms with Crippen molar-refractivity contribution in [1.29, 1.82) is 0 Å². The van der Waals surface area contributed by atoms with E-state index in [0.29, 0.717) is 6.54 Å². The standard InChI is InChI=1S/C19H25N3O2S/c1-12(2)18(21-13(3)23)19(24)20-10-9-15-5-7-16(8-6-15)17-11-25-14(4)22-17/h5-8,11-12,18H,9-10H2,1-4H3,(H,20,24)(H,21,23). The first-order valence-electron chi connectivity index (χ1n) is 8.43. The van der Waals surface area contributed by atoms with Crippen molar-refractivity contribution in [3.63, 3.8) is 0 Å². The van der Waals surface area contributed by atoms with Gasteiger partial charge in [-0.2, -0.15) is 0 Å². The average Bonchev–Trinajstić information content (AvgIpc) is 2.99. The molecule has 0 aliphatic carbocycles. The molecule has 2 N–H and O–H groups in total. The lowest BCUT2D eigenvalue weighted by Crippen LogP contribution is -2.49. The SMILES string of the molecule is CC(=O)NC(C(=O)NCCc1ccc(-c2csc(C)n2)cc1)C(C)C. The Morgan fingerprint density at radius 3 is 2.40 bits per heavy atom. The maximum absolute atomic E-state index is 12.2. The van der Waals surface area contributed by atoms with E-state index < -0.39 is 6.04 Å². The van der Waals surface area contributed by atoms with Gasteiger partial charge >= 0.3 is 0 Å². The predicted octanol–water partition coefficient (Wildman–Crippen LogP) is 2.94. The monoisotopic (exact) mass is 359 g/mol. The van der Waals surface area contributed by atoms with E-state index in [1.54, 1.807) is 11.3 Å². The number of nitrogens with zero attached hydrogens (tertiary/aromatic N) is 1. The van der Waals surface area contributed by atoms with Crippen LogP contribution in [0.4, 0.5) is 0 Å². The number of rotatable bonds is 7. The smallest absolute Gasteiger partial charge is 0.242 e. The number of aryl methyl sites for hydroxylation is 1. The number of thiazole rings is 1. The van der Waals surface area contributed by atoms with Crippen LogP contribution in [0.5, 0.6) is 0 Å². The van der Waals surface area contributed by atoms with Crippen LogP contribution in [0.15, 0.2) is 29.6 Å². The van der Waals surface area contributed by atoms with E-state index in [4.69, 9.17) is 0 Å². The minimum Gasteiger partial charge on any atom is -0.354 e. The van der Waals surface area contributed by atoms with Crippen LogP contribution in [0.2, 0.25) is 0 Å². The molecular weight excluding hydrogens is 334 g/mol. The lowest BCUT2D eigenvalue weighted by Gasteiger charge is -2.20. The summed E-state index contributed by atoms with van der Waals surface area (Å²) in [6, 6.07) is 7.74. The third-order valence-electron chi connectivity index (χ3n) is 3.89. The molecular formula is C19H25N3O2S. The molecule has 25 heavy (non-hydrogen) atoms. The summed E-state index contributed by atoms with van der Waals surface area (Å²) < 4.78 is 0. The summed E-state index contributed by atoms with van der Waals surface area (Å²) in [4.78, 5) is 27.9. The molecule has 1 atom stereocenters. The Morgan fingerprint density at radius 1 is 1.20 bits per heavy atom. The Labute approximate surface area is 152 Å². The van der Waals surface area contributed by atoms with E-state index >= 15 is 0 Å². The molecule has 1 aromatic heterocycles. The molecule has 0 fully saturated rings. The summed E-state index contributed by atoms with van der Waals surface area (Å²) in [5, 5.41) is 8.71. The maximum atomic E-state index is 12.2. The van der Waals surface area contributed by atoms with Gasteiger partial charge in [0.25, 0.3) is 0 Å². The number of amides is 2. The largest absolute Gasteiger partial charge is 0.354 e. The van der Waals surface area contributed by atoms with E-state index in [-0.39, 0.29) is 17.7 Å². The number of nitrogens with one attached hydrogen (secondary N) is 2. The van der Waals surface area contributed by atoms with E-state index in [1.807, 2.05) is 20.8 Å². The van der Waals surface area contributed by atoms with Gasteiger partial charge in [-0.3, -0.25) is 9.59 Å². The highest BCUT2D eigenvalue weighted by molar-refractivity contribution is 7.09. The second kappa shape index (κ2) is 8.76. The molecule has 1 aromatic carbocycles. The summed E-state index contributed by atoms with van der Waals surface area (Å²) in [6.07, 6.45) is 0.743. The highest BCUT2D eigenvalue weighted by atomic mass is 32.1. The van der Waals surface area contributed by atoms with Crippen molar-refractivity contribution in [3.8, 4) is 11.3 Å². The molecule has 0 saturated heterocycles. The minimum atomic E-state index is -0.493. The van der Waals surface area contributed by atoms with Crippen LogP contribution in [0.1, 0.15) is 31.3 Å². The fourth-order valence-corrected chi connectivity index (χ4v) is 3.15. The number of hydrogen-bond acceptors (Lipinski definition) is 4. The molecule has 0 bridgehead atoms. The molecule has 0 aliphatic heterocycles. The fourth-order valence-electron chi connectivity index (χ4n) is 2.53. The van der Waals surface area contributed by atoms with Gasteiger partial charge in [-0.15, -0.1) is 11.3 Å². The highest BCUT2D eigenvalue weighted by Gasteiger charge is 2.22. The van der Waals surface area contributed by atoms with Crippen molar-refractivity contribution >= 4 is 23.2 Å². The van der Waals surface area contributed by atoms with Crippen molar-refractivity contribution in [2.45, 2.75) is 40.2 Å². The first-order valence-corrected chi connectivity index (χ1v) is 9.31. The topological polar surface area (TPSA) is 71.1 Å². The number of carbonyl (C=O) groups is 2. The third-order valence-corrected chi connectivity index (χ3v) is 4.66. The molecule has 1 unspecified atom stereocenters. The Balaban J connectivity index is 1.86. The maximum Gasteiger partial charge on any atom is 0.242 e. The highest BCUT2D eigenvalue weighted by Crippen LogP contribution is 2.21. The summed E-state index contributed by atoms with van der Waals surface area (Å²) in [6.45, 7) is 7.79. The third kappa shape index (κ3) is 5.67. The molecule has 2 amide bonds. The second-order valence-electron chi connectivity index (χ2n) is 6.41. The summed E-state index contributed by atoms with van der Waals surface area (Å²) >= 11 is 1.64. The molecule has 0 spiro atoms. The summed E-state index contributed by atoms with van der Waals surface area (Å²) in [5.74, 6) is -0.286. The first kappa shape index (κ1) is 19.1. The molecule has 5 nitrogen and oxygen atoms in total. The van der Waals surface area contributed by atoms with Crippen LogP contribution in [0.25, 0.3) is 11.3 Å². The van der Waals surface area contributed by atoms with Crippen molar-refractivity contribution in [2.24, 2.45) is 5.92 Å². The van der Waals surface area contributed by atoms with Crippen LogP contribution in [-0.2, 0) is 16.0 Å². The molecule has 2 rings (SSSR count). The number of benzene rings is 1. The summed E-state index contributed by atoms with van der Waals surface area (Å²) in [7, 11) is 0. The zero-order valence-corrected chi connectivity index (χ0v) is 15.9.